The first-order valence-electron chi connectivity index (χ1n) is 13.1. The van der Waals surface area contributed by atoms with E-state index >= 15 is 0 Å². The summed E-state index contributed by atoms with van der Waals surface area (Å²) in [5.74, 6) is -1.94. The molecule has 4 unspecified atom stereocenters. The fraction of sp³-hybridized carbons (Fsp3) is 0.121. The fourth-order valence-electron chi connectivity index (χ4n) is 6.70. The van der Waals surface area contributed by atoms with Crippen LogP contribution in [0.15, 0.2) is 109 Å². The number of carbonyl (C=O) groups is 3. The molecule has 3 aliphatic rings. The van der Waals surface area contributed by atoms with Crippen molar-refractivity contribution in [1.82, 2.24) is 4.90 Å². The molecule has 3 heterocycles. The van der Waals surface area contributed by atoms with Gasteiger partial charge in [0.15, 0.2) is 5.78 Å². The summed E-state index contributed by atoms with van der Waals surface area (Å²) >= 11 is 6.07. The molecule has 2 N–H and O–H groups in total. The number of para-hydroxylation sites is 1. The highest BCUT2D eigenvalue weighted by Crippen LogP contribution is 2.62. The second kappa shape index (κ2) is 9.21. The van der Waals surface area contributed by atoms with Crippen molar-refractivity contribution in [2.75, 3.05) is 10.6 Å². The maximum Gasteiger partial charge on any atom is 0.247 e. The fourth-order valence-corrected chi connectivity index (χ4v) is 6.83. The minimum Gasteiger partial charge on any atom is -0.356 e. The third-order valence-corrected chi connectivity index (χ3v) is 8.54. The molecular formula is C33H24ClN3O3. The molecule has 0 radical (unpaired) electrons. The minimum atomic E-state index is -1.35. The standard InChI is InChI=1S/C33H24ClN3O3/c34-22-14-16-23(17-15-22)35-31(39)28-27(29(38)21-9-2-1-3-10-21)33(25-12-6-7-13-26(25)36-32(33)40)30-24-11-5-4-8-20(24)18-19-37(28)30/h1-19,27-28,30H,(H,35,39)(H,36,40). The number of benzene rings is 4. The van der Waals surface area contributed by atoms with E-state index in [0.717, 1.165) is 16.7 Å². The van der Waals surface area contributed by atoms with Crippen LogP contribution in [0.1, 0.15) is 33.1 Å². The number of nitrogens with zero attached hydrogens (tertiary/aromatic N) is 1. The van der Waals surface area contributed by atoms with E-state index in [2.05, 4.69) is 10.6 Å². The maximum absolute atomic E-state index is 14.6. The van der Waals surface area contributed by atoms with Gasteiger partial charge in [-0.15, -0.1) is 0 Å². The van der Waals surface area contributed by atoms with E-state index in [4.69, 9.17) is 11.6 Å². The third kappa shape index (κ3) is 3.46. The van der Waals surface area contributed by atoms with Gasteiger partial charge >= 0.3 is 0 Å². The molecule has 0 aliphatic carbocycles. The number of amides is 2. The Balaban J connectivity index is 1.48. The highest BCUT2D eigenvalue weighted by Gasteiger charge is 2.70. The van der Waals surface area contributed by atoms with Crippen LogP contribution in [0.3, 0.4) is 0 Å². The number of Topliss-reactive ketones (excluding diaryl/α,β-unsaturated/α-hetero) is 1. The molecule has 7 rings (SSSR count). The van der Waals surface area contributed by atoms with Crippen molar-refractivity contribution in [3.8, 4) is 0 Å². The first kappa shape index (κ1) is 24.4. The summed E-state index contributed by atoms with van der Waals surface area (Å²) in [5, 5.41) is 6.60. The monoisotopic (exact) mass is 545 g/mol. The van der Waals surface area contributed by atoms with Gasteiger partial charge in [-0.25, -0.2) is 0 Å². The number of nitrogens with one attached hydrogen (secondary N) is 2. The first-order valence-corrected chi connectivity index (χ1v) is 13.5. The second-order valence-electron chi connectivity index (χ2n) is 10.3. The number of hydrogen-bond donors (Lipinski definition) is 2. The molecule has 0 saturated carbocycles. The molecule has 40 heavy (non-hydrogen) atoms. The largest absolute Gasteiger partial charge is 0.356 e. The highest BCUT2D eigenvalue weighted by atomic mass is 35.5. The van der Waals surface area contributed by atoms with E-state index in [1.54, 1.807) is 48.5 Å². The number of rotatable bonds is 4. The van der Waals surface area contributed by atoms with Gasteiger partial charge in [-0.1, -0.05) is 84.4 Å². The van der Waals surface area contributed by atoms with Crippen LogP contribution >= 0.6 is 11.6 Å². The van der Waals surface area contributed by atoms with Gasteiger partial charge in [0.05, 0.1) is 12.0 Å². The second-order valence-corrected chi connectivity index (χ2v) is 10.7. The minimum absolute atomic E-state index is 0.260. The lowest BCUT2D eigenvalue weighted by Crippen LogP contribution is -2.50. The zero-order chi connectivity index (χ0) is 27.4. The van der Waals surface area contributed by atoms with Gasteiger partial charge < -0.3 is 15.5 Å². The lowest BCUT2D eigenvalue weighted by molar-refractivity contribution is -0.122. The van der Waals surface area contributed by atoms with Crippen LogP contribution in [0, 0.1) is 5.92 Å². The predicted octanol–water partition coefficient (Wildman–Crippen LogP) is 6.08. The molecule has 4 aromatic carbocycles. The maximum atomic E-state index is 14.6. The van der Waals surface area contributed by atoms with Crippen molar-refractivity contribution in [1.29, 1.82) is 0 Å². The van der Waals surface area contributed by atoms with Gasteiger partial charge in [0, 0.05) is 28.2 Å². The van der Waals surface area contributed by atoms with Crippen molar-refractivity contribution in [2.45, 2.75) is 17.5 Å². The van der Waals surface area contributed by atoms with Gasteiger partial charge in [0.2, 0.25) is 11.8 Å². The van der Waals surface area contributed by atoms with Gasteiger partial charge in [-0.3, -0.25) is 14.4 Å². The first-order chi connectivity index (χ1) is 19.5. The summed E-state index contributed by atoms with van der Waals surface area (Å²) in [6.07, 6.45) is 3.80. The molecule has 3 aliphatic heterocycles. The number of carbonyl (C=O) groups excluding carboxylic acids is 3. The Morgan fingerprint density at radius 1 is 0.850 bits per heavy atom. The van der Waals surface area contributed by atoms with E-state index in [9.17, 15) is 14.4 Å². The Morgan fingerprint density at radius 2 is 1.55 bits per heavy atom. The molecule has 7 heteroatoms. The molecule has 0 aromatic heterocycles. The Kier molecular flexibility index (Phi) is 5.61. The van der Waals surface area contributed by atoms with Crippen LogP contribution in [0.25, 0.3) is 6.08 Å². The third-order valence-electron chi connectivity index (χ3n) is 8.29. The average molecular weight is 546 g/mol. The van der Waals surface area contributed by atoms with Gasteiger partial charge in [-0.05, 0) is 53.1 Å². The van der Waals surface area contributed by atoms with Crippen LogP contribution < -0.4 is 10.6 Å². The van der Waals surface area contributed by atoms with Crippen molar-refractivity contribution >= 4 is 46.6 Å². The van der Waals surface area contributed by atoms with Gasteiger partial charge in [0.1, 0.15) is 11.5 Å². The number of ketones is 1. The summed E-state index contributed by atoms with van der Waals surface area (Å²) < 4.78 is 0. The molecule has 6 nitrogen and oxygen atoms in total. The lowest BCUT2D eigenvalue weighted by atomic mass is 9.63. The summed E-state index contributed by atoms with van der Waals surface area (Å²) in [6.45, 7) is 0. The molecule has 1 spiro atoms. The molecule has 4 atom stereocenters. The predicted molar refractivity (Wildman–Crippen MR) is 155 cm³/mol. The topological polar surface area (TPSA) is 78.5 Å². The Hall–Kier alpha value is -4.68. The van der Waals surface area contributed by atoms with Crippen molar-refractivity contribution < 1.29 is 14.4 Å². The van der Waals surface area contributed by atoms with E-state index in [1.165, 1.54) is 0 Å². The van der Waals surface area contributed by atoms with Crippen LogP contribution in [0.2, 0.25) is 5.02 Å². The average Bonchev–Trinajstić information content (AvgIpc) is 3.47. The van der Waals surface area contributed by atoms with Crippen molar-refractivity contribution in [3.05, 3.63) is 137 Å². The van der Waals surface area contributed by atoms with Crippen LogP contribution in [-0.2, 0) is 15.0 Å². The molecule has 2 amide bonds. The van der Waals surface area contributed by atoms with E-state index in [0.29, 0.717) is 22.0 Å². The van der Waals surface area contributed by atoms with E-state index in [1.807, 2.05) is 71.8 Å². The number of hydrogen-bond acceptors (Lipinski definition) is 4. The van der Waals surface area contributed by atoms with Crippen LogP contribution in [-0.4, -0.2) is 28.5 Å². The number of halogens is 1. The van der Waals surface area contributed by atoms with Crippen molar-refractivity contribution in [3.63, 3.8) is 0 Å². The summed E-state index contributed by atoms with van der Waals surface area (Å²) in [4.78, 5) is 45.1. The van der Waals surface area contributed by atoms with Crippen LogP contribution in [0.5, 0.6) is 0 Å². The zero-order valence-corrected chi connectivity index (χ0v) is 22.0. The normalized spacial score (nSPS) is 23.8. The van der Waals surface area contributed by atoms with Gasteiger partial charge in [-0.2, -0.15) is 0 Å². The summed E-state index contributed by atoms with van der Waals surface area (Å²) in [5.41, 5.74) is 2.86. The smallest absolute Gasteiger partial charge is 0.247 e. The zero-order valence-electron chi connectivity index (χ0n) is 21.3. The van der Waals surface area contributed by atoms with E-state index < -0.39 is 23.4 Å². The SMILES string of the molecule is O=C(Nc1ccc(Cl)cc1)C1C(C(=O)c2ccccc2)C2(C(=O)Nc3ccccc32)C2c3ccccc3C=CN12. The summed E-state index contributed by atoms with van der Waals surface area (Å²) in [6, 6.07) is 29.5. The highest BCUT2D eigenvalue weighted by molar-refractivity contribution is 6.30. The quantitative estimate of drug-likeness (QED) is 0.305. The number of anilines is 2. The molecule has 1 saturated heterocycles. The lowest BCUT2D eigenvalue weighted by Gasteiger charge is -2.38. The van der Waals surface area contributed by atoms with E-state index in [-0.39, 0.29) is 17.6 Å². The summed E-state index contributed by atoms with van der Waals surface area (Å²) in [7, 11) is 0. The van der Waals surface area contributed by atoms with Crippen LogP contribution in [0.4, 0.5) is 11.4 Å². The molecule has 4 aromatic rings. The molecule has 0 bridgehead atoms. The van der Waals surface area contributed by atoms with Gasteiger partial charge in [0.25, 0.3) is 0 Å². The molecule has 1 fully saturated rings. The Labute approximate surface area is 236 Å². The Bertz CT molecular complexity index is 1700. The van der Waals surface area contributed by atoms with Crippen molar-refractivity contribution in [2.24, 2.45) is 5.92 Å². The molecule has 196 valence electrons. The Morgan fingerprint density at radius 3 is 2.35 bits per heavy atom. The molecular weight excluding hydrogens is 522 g/mol. The number of fused-ring (bicyclic) bond motifs is 6.